The van der Waals surface area contributed by atoms with E-state index in [1.54, 1.807) is 4.88 Å². The molecular weight excluding hydrogens is 292 g/mol. The zero-order valence-electron chi connectivity index (χ0n) is 13.5. The highest BCUT2D eigenvalue weighted by molar-refractivity contribution is 7.12. The predicted octanol–water partition coefficient (Wildman–Crippen LogP) is 3.60. The molecule has 2 saturated heterocycles. The highest BCUT2D eigenvalue weighted by Crippen LogP contribution is 2.38. The summed E-state index contributed by atoms with van der Waals surface area (Å²) in [6.45, 7) is 5.08. The molecular formula is C18H26N2OS. The molecule has 4 heteroatoms. The molecule has 22 heavy (non-hydrogen) atoms. The Balaban J connectivity index is 1.45. The van der Waals surface area contributed by atoms with Gasteiger partial charge >= 0.3 is 0 Å². The molecule has 1 saturated carbocycles. The molecule has 0 aromatic carbocycles. The number of nitrogens with zero attached hydrogens (tertiary/aromatic N) is 2. The fourth-order valence-electron chi connectivity index (χ4n) is 4.45. The van der Waals surface area contributed by atoms with E-state index in [4.69, 9.17) is 0 Å². The van der Waals surface area contributed by atoms with Crippen LogP contribution in [0.15, 0.2) is 12.1 Å². The Labute approximate surface area is 137 Å². The van der Waals surface area contributed by atoms with Gasteiger partial charge in [-0.05, 0) is 50.7 Å². The molecule has 1 amide bonds. The van der Waals surface area contributed by atoms with Crippen LogP contribution < -0.4 is 0 Å². The molecule has 3 nitrogen and oxygen atoms in total. The zero-order chi connectivity index (χ0) is 15.1. The standard InChI is InChI=1S/C18H26N2OS/c1-13-18(21)20-10-4-7-15(20)11-19(13)12-16-8-9-17(22-16)14-5-2-3-6-14/h8-9,13-15H,2-7,10-12H2,1H3/t13-,15+/m0/s1. The predicted molar refractivity (Wildman–Crippen MR) is 90.1 cm³/mol. The van der Waals surface area contributed by atoms with Gasteiger partial charge in [-0.1, -0.05) is 12.8 Å². The second-order valence-corrected chi connectivity index (χ2v) is 8.42. The van der Waals surface area contributed by atoms with Crippen molar-refractivity contribution in [1.82, 2.24) is 9.80 Å². The minimum absolute atomic E-state index is 0.0476. The van der Waals surface area contributed by atoms with Crippen molar-refractivity contribution < 1.29 is 4.79 Å². The third kappa shape index (κ3) is 2.61. The van der Waals surface area contributed by atoms with Crippen LogP contribution in [0.2, 0.25) is 0 Å². The van der Waals surface area contributed by atoms with Gasteiger partial charge in [-0.3, -0.25) is 9.69 Å². The maximum Gasteiger partial charge on any atom is 0.239 e. The lowest BCUT2D eigenvalue weighted by Crippen LogP contribution is -2.58. The van der Waals surface area contributed by atoms with Crippen molar-refractivity contribution in [3.05, 3.63) is 21.9 Å². The molecule has 3 heterocycles. The Morgan fingerprint density at radius 1 is 1.18 bits per heavy atom. The van der Waals surface area contributed by atoms with E-state index in [1.807, 2.05) is 11.3 Å². The monoisotopic (exact) mass is 318 g/mol. The summed E-state index contributed by atoms with van der Waals surface area (Å²) in [6, 6.07) is 5.16. The van der Waals surface area contributed by atoms with E-state index in [0.29, 0.717) is 11.9 Å². The molecule has 0 bridgehead atoms. The Bertz CT molecular complexity index is 549. The summed E-state index contributed by atoms with van der Waals surface area (Å²) in [7, 11) is 0. The average Bonchev–Trinajstić information content (AvgIpc) is 3.24. The maximum absolute atomic E-state index is 12.5. The minimum atomic E-state index is 0.0476. The van der Waals surface area contributed by atoms with Gasteiger partial charge in [0, 0.05) is 35.4 Å². The summed E-state index contributed by atoms with van der Waals surface area (Å²) >= 11 is 1.99. The summed E-state index contributed by atoms with van der Waals surface area (Å²) in [5, 5.41) is 0. The van der Waals surface area contributed by atoms with Crippen LogP contribution in [0.25, 0.3) is 0 Å². The number of rotatable bonds is 3. The number of carbonyl (C=O) groups excluding carboxylic acids is 1. The first-order valence-corrected chi connectivity index (χ1v) is 9.67. The Hall–Kier alpha value is -0.870. The highest BCUT2D eigenvalue weighted by atomic mass is 32.1. The van der Waals surface area contributed by atoms with E-state index < -0.39 is 0 Å². The number of fused-ring (bicyclic) bond motifs is 1. The number of hydrogen-bond acceptors (Lipinski definition) is 3. The van der Waals surface area contributed by atoms with E-state index in [-0.39, 0.29) is 6.04 Å². The fraction of sp³-hybridized carbons (Fsp3) is 0.722. The average molecular weight is 318 g/mol. The van der Waals surface area contributed by atoms with Crippen LogP contribution in [0.1, 0.15) is 61.1 Å². The van der Waals surface area contributed by atoms with Gasteiger partial charge in [0.25, 0.3) is 0 Å². The molecule has 2 atom stereocenters. The van der Waals surface area contributed by atoms with Crippen molar-refractivity contribution in [3.8, 4) is 0 Å². The number of hydrogen-bond donors (Lipinski definition) is 0. The molecule has 2 aliphatic heterocycles. The van der Waals surface area contributed by atoms with E-state index in [2.05, 4.69) is 28.9 Å². The minimum Gasteiger partial charge on any atom is -0.337 e. The SMILES string of the molecule is C[C@H]1C(=O)N2CCC[C@@H]2CN1Cc1ccc(C2CCCC2)s1. The van der Waals surface area contributed by atoms with Crippen LogP contribution in [0.4, 0.5) is 0 Å². The summed E-state index contributed by atoms with van der Waals surface area (Å²) in [4.78, 5) is 20.0. The second-order valence-electron chi connectivity index (χ2n) is 7.22. The first-order chi connectivity index (χ1) is 10.7. The Morgan fingerprint density at radius 3 is 2.82 bits per heavy atom. The molecule has 0 unspecified atom stereocenters. The highest BCUT2D eigenvalue weighted by Gasteiger charge is 2.40. The molecule has 1 aliphatic carbocycles. The topological polar surface area (TPSA) is 23.6 Å². The third-order valence-corrected chi connectivity index (χ3v) is 7.04. The number of piperazine rings is 1. The molecule has 120 valence electrons. The molecule has 4 rings (SSSR count). The zero-order valence-corrected chi connectivity index (χ0v) is 14.3. The van der Waals surface area contributed by atoms with E-state index in [9.17, 15) is 4.79 Å². The van der Waals surface area contributed by atoms with Crippen molar-refractivity contribution in [1.29, 1.82) is 0 Å². The van der Waals surface area contributed by atoms with Crippen molar-refractivity contribution >= 4 is 17.2 Å². The van der Waals surface area contributed by atoms with Gasteiger partial charge in [0.1, 0.15) is 0 Å². The first-order valence-electron chi connectivity index (χ1n) is 8.85. The number of amides is 1. The summed E-state index contributed by atoms with van der Waals surface area (Å²) in [5.74, 6) is 1.16. The van der Waals surface area contributed by atoms with Crippen LogP contribution in [0.3, 0.4) is 0 Å². The quantitative estimate of drug-likeness (QED) is 0.850. The van der Waals surface area contributed by atoms with Crippen molar-refractivity contribution in [2.75, 3.05) is 13.1 Å². The Kier molecular flexibility index (Phi) is 3.99. The third-order valence-electron chi connectivity index (χ3n) is 5.81. The van der Waals surface area contributed by atoms with Crippen molar-refractivity contribution in [3.63, 3.8) is 0 Å². The largest absolute Gasteiger partial charge is 0.337 e. The smallest absolute Gasteiger partial charge is 0.239 e. The van der Waals surface area contributed by atoms with Gasteiger partial charge in [0.2, 0.25) is 5.91 Å². The van der Waals surface area contributed by atoms with Crippen LogP contribution >= 0.6 is 11.3 Å². The fourth-order valence-corrected chi connectivity index (χ4v) is 5.66. The Morgan fingerprint density at radius 2 is 2.00 bits per heavy atom. The molecule has 3 aliphatic rings. The number of carbonyl (C=O) groups is 1. The maximum atomic E-state index is 12.5. The number of thiophene rings is 1. The molecule has 3 fully saturated rings. The van der Waals surface area contributed by atoms with Crippen LogP contribution in [-0.2, 0) is 11.3 Å². The van der Waals surface area contributed by atoms with Gasteiger partial charge in [-0.2, -0.15) is 0 Å². The van der Waals surface area contributed by atoms with Crippen molar-refractivity contribution in [2.24, 2.45) is 0 Å². The summed E-state index contributed by atoms with van der Waals surface area (Å²) < 4.78 is 0. The van der Waals surface area contributed by atoms with E-state index >= 15 is 0 Å². The molecule has 0 N–H and O–H groups in total. The van der Waals surface area contributed by atoms with Crippen LogP contribution in [-0.4, -0.2) is 40.9 Å². The molecule has 1 aromatic rings. The molecule has 0 radical (unpaired) electrons. The van der Waals surface area contributed by atoms with Gasteiger partial charge in [-0.15, -0.1) is 11.3 Å². The van der Waals surface area contributed by atoms with Crippen LogP contribution in [0, 0.1) is 0 Å². The lowest BCUT2D eigenvalue weighted by Gasteiger charge is -2.41. The van der Waals surface area contributed by atoms with E-state index in [0.717, 1.165) is 25.6 Å². The molecule has 0 spiro atoms. The van der Waals surface area contributed by atoms with Crippen molar-refractivity contribution in [2.45, 2.75) is 70.0 Å². The summed E-state index contributed by atoms with van der Waals surface area (Å²) in [5.41, 5.74) is 0. The normalized spacial score (nSPS) is 30.2. The first kappa shape index (κ1) is 14.7. The van der Waals surface area contributed by atoms with Gasteiger partial charge < -0.3 is 4.90 Å². The van der Waals surface area contributed by atoms with Crippen LogP contribution in [0.5, 0.6) is 0 Å². The second kappa shape index (κ2) is 5.97. The lowest BCUT2D eigenvalue weighted by atomic mass is 10.1. The summed E-state index contributed by atoms with van der Waals surface area (Å²) in [6.07, 6.45) is 7.90. The van der Waals surface area contributed by atoms with E-state index in [1.165, 1.54) is 43.4 Å². The lowest BCUT2D eigenvalue weighted by molar-refractivity contribution is -0.143. The van der Waals surface area contributed by atoms with Gasteiger partial charge in [-0.25, -0.2) is 0 Å². The van der Waals surface area contributed by atoms with Gasteiger partial charge in [0.05, 0.1) is 6.04 Å². The molecule has 1 aromatic heterocycles. The van der Waals surface area contributed by atoms with Gasteiger partial charge in [0.15, 0.2) is 0 Å².